The van der Waals surface area contributed by atoms with Crippen molar-refractivity contribution in [2.75, 3.05) is 0 Å². The number of rotatable bonds is 2. The van der Waals surface area contributed by atoms with Crippen molar-refractivity contribution in [1.29, 1.82) is 0 Å². The molecule has 0 saturated carbocycles. The lowest BCUT2D eigenvalue weighted by Gasteiger charge is -2.21. The van der Waals surface area contributed by atoms with Crippen molar-refractivity contribution in [3.05, 3.63) is 28.5 Å². The Bertz CT molecular complexity index is 496. The maximum Gasteiger partial charge on any atom is 0.306 e. The predicted molar refractivity (Wildman–Crippen MR) is 71.9 cm³/mol. The largest absolute Gasteiger partial charge is 0.460 e. The Morgan fingerprint density at radius 3 is 2.89 bits per heavy atom. The molecule has 104 valence electrons. The molecule has 0 spiro atoms. The summed E-state index contributed by atoms with van der Waals surface area (Å²) >= 11 is 5.83. The maximum absolute atomic E-state index is 11.8. The molecule has 1 heterocycles. The molecule has 5 heteroatoms. The second kappa shape index (κ2) is 5.10. The highest BCUT2D eigenvalue weighted by atomic mass is 35.5. The molecular weight excluding hydrogens is 266 g/mol. The number of fused-ring (bicyclic) bond motifs is 1. The van der Waals surface area contributed by atoms with Crippen LogP contribution >= 0.6 is 11.6 Å². The van der Waals surface area contributed by atoms with Crippen LogP contribution in [0.5, 0.6) is 0 Å². The molecule has 2 atom stereocenters. The van der Waals surface area contributed by atoms with Gasteiger partial charge in [0, 0.05) is 17.7 Å². The van der Waals surface area contributed by atoms with Gasteiger partial charge in [-0.05, 0) is 38.8 Å². The van der Waals surface area contributed by atoms with E-state index >= 15 is 0 Å². The van der Waals surface area contributed by atoms with Crippen molar-refractivity contribution in [3.63, 3.8) is 0 Å². The summed E-state index contributed by atoms with van der Waals surface area (Å²) in [5.41, 5.74) is 1.22. The molecule has 0 bridgehead atoms. The van der Waals surface area contributed by atoms with E-state index in [0.717, 1.165) is 11.1 Å². The highest BCUT2D eigenvalue weighted by molar-refractivity contribution is 6.29. The van der Waals surface area contributed by atoms with Gasteiger partial charge in [0.25, 0.3) is 0 Å². The van der Waals surface area contributed by atoms with Crippen LogP contribution in [0.4, 0.5) is 0 Å². The molecule has 1 aliphatic carbocycles. The van der Waals surface area contributed by atoms with Crippen LogP contribution in [0.1, 0.15) is 44.4 Å². The second-order valence-electron chi connectivity index (χ2n) is 5.91. The second-order valence-corrected chi connectivity index (χ2v) is 6.29. The minimum atomic E-state index is -0.674. The summed E-state index contributed by atoms with van der Waals surface area (Å²) in [6, 6.07) is 1.75. The number of carbonyl (C=O) groups excluding carboxylic acids is 1. The third kappa shape index (κ3) is 3.45. The highest BCUT2D eigenvalue weighted by Crippen LogP contribution is 2.38. The van der Waals surface area contributed by atoms with E-state index in [1.54, 1.807) is 12.3 Å². The summed E-state index contributed by atoms with van der Waals surface area (Å²) in [4.78, 5) is 15.8. The molecule has 0 radical (unpaired) electrons. The number of pyridine rings is 1. The first-order valence-electron chi connectivity index (χ1n) is 6.30. The maximum atomic E-state index is 11.8. The standard InChI is InChI=1S/C14H18ClNO3/c1-14(2,3)19-12(17)6-9-4-8-5-11(15)16-7-10(8)13(9)18/h5,7,9,13,18H,4,6H2,1-3H3/t9-,13-/m0/s1. The Morgan fingerprint density at radius 1 is 1.58 bits per heavy atom. The van der Waals surface area contributed by atoms with E-state index in [-0.39, 0.29) is 18.3 Å². The van der Waals surface area contributed by atoms with Crippen molar-refractivity contribution in [3.8, 4) is 0 Å². The fraction of sp³-hybridized carbons (Fsp3) is 0.571. The smallest absolute Gasteiger partial charge is 0.306 e. The van der Waals surface area contributed by atoms with Gasteiger partial charge in [-0.1, -0.05) is 11.6 Å². The SMILES string of the molecule is CC(C)(C)OC(=O)C[C@@H]1Cc2cc(Cl)ncc2[C@H]1O. The van der Waals surface area contributed by atoms with Gasteiger partial charge in [0.05, 0.1) is 12.5 Å². The van der Waals surface area contributed by atoms with Gasteiger partial charge < -0.3 is 9.84 Å². The molecule has 4 nitrogen and oxygen atoms in total. The summed E-state index contributed by atoms with van der Waals surface area (Å²) in [6.07, 6.45) is 1.73. The lowest BCUT2D eigenvalue weighted by atomic mass is 10.00. The van der Waals surface area contributed by atoms with E-state index in [0.29, 0.717) is 11.6 Å². The molecule has 1 aromatic rings. The van der Waals surface area contributed by atoms with Crippen molar-refractivity contribution in [2.45, 2.75) is 45.3 Å². The molecule has 0 saturated heterocycles. The zero-order chi connectivity index (χ0) is 14.2. The fourth-order valence-electron chi connectivity index (χ4n) is 2.35. The van der Waals surface area contributed by atoms with Gasteiger partial charge in [-0.2, -0.15) is 0 Å². The summed E-state index contributed by atoms with van der Waals surface area (Å²) in [5.74, 6) is -0.450. The number of esters is 1. The van der Waals surface area contributed by atoms with Crippen LogP contribution in [0.2, 0.25) is 5.15 Å². The molecule has 0 fully saturated rings. The molecule has 1 N–H and O–H groups in total. The first kappa shape index (κ1) is 14.3. The zero-order valence-corrected chi connectivity index (χ0v) is 12.1. The Balaban J connectivity index is 2.04. The van der Waals surface area contributed by atoms with Crippen molar-refractivity contribution < 1.29 is 14.6 Å². The number of halogens is 1. The average Bonchev–Trinajstić information content (AvgIpc) is 2.52. The van der Waals surface area contributed by atoms with Gasteiger partial charge in [-0.25, -0.2) is 4.98 Å². The first-order chi connectivity index (χ1) is 8.76. The third-order valence-corrected chi connectivity index (χ3v) is 3.29. The Morgan fingerprint density at radius 2 is 2.26 bits per heavy atom. The molecule has 0 aliphatic heterocycles. The van der Waals surface area contributed by atoms with E-state index < -0.39 is 11.7 Å². The van der Waals surface area contributed by atoms with Crippen LogP contribution in [-0.2, 0) is 16.0 Å². The number of nitrogens with zero attached hydrogens (tertiary/aromatic N) is 1. The third-order valence-electron chi connectivity index (χ3n) is 3.09. The summed E-state index contributed by atoms with van der Waals surface area (Å²) in [6.45, 7) is 5.48. The van der Waals surface area contributed by atoms with Crippen LogP contribution < -0.4 is 0 Å². The van der Waals surface area contributed by atoms with Gasteiger partial charge in [-0.3, -0.25) is 4.79 Å². The number of aliphatic hydroxyl groups excluding tert-OH is 1. The van der Waals surface area contributed by atoms with Crippen molar-refractivity contribution in [2.24, 2.45) is 5.92 Å². The summed E-state index contributed by atoms with van der Waals surface area (Å²) in [7, 11) is 0. The van der Waals surface area contributed by atoms with Gasteiger partial charge in [-0.15, -0.1) is 0 Å². The van der Waals surface area contributed by atoms with Gasteiger partial charge in [0.1, 0.15) is 10.8 Å². The van der Waals surface area contributed by atoms with Gasteiger partial charge in [0.2, 0.25) is 0 Å². The van der Waals surface area contributed by atoms with E-state index in [1.807, 2.05) is 20.8 Å². The molecule has 1 aromatic heterocycles. The lowest BCUT2D eigenvalue weighted by Crippen LogP contribution is -2.26. The van der Waals surface area contributed by atoms with E-state index in [4.69, 9.17) is 16.3 Å². The van der Waals surface area contributed by atoms with E-state index in [9.17, 15) is 9.90 Å². The molecule has 1 aliphatic rings. The van der Waals surface area contributed by atoms with Gasteiger partial charge in [0.15, 0.2) is 0 Å². The molecule has 0 amide bonds. The van der Waals surface area contributed by atoms with Crippen LogP contribution in [0.3, 0.4) is 0 Å². The average molecular weight is 284 g/mol. The molecule has 0 unspecified atom stereocenters. The highest BCUT2D eigenvalue weighted by Gasteiger charge is 2.34. The van der Waals surface area contributed by atoms with E-state index in [2.05, 4.69) is 4.98 Å². The van der Waals surface area contributed by atoms with Gasteiger partial charge >= 0.3 is 5.97 Å². The first-order valence-corrected chi connectivity index (χ1v) is 6.68. The lowest BCUT2D eigenvalue weighted by molar-refractivity contribution is -0.156. The molecule has 19 heavy (non-hydrogen) atoms. The van der Waals surface area contributed by atoms with Crippen LogP contribution in [0.25, 0.3) is 0 Å². The number of ether oxygens (including phenoxy) is 1. The zero-order valence-electron chi connectivity index (χ0n) is 11.3. The molecule has 2 rings (SSSR count). The normalized spacial score (nSPS) is 22.2. The number of aliphatic hydroxyl groups is 1. The molecular formula is C14H18ClNO3. The Hall–Kier alpha value is -1.13. The van der Waals surface area contributed by atoms with Crippen molar-refractivity contribution >= 4 is 17.6 Å². The Labute approximate surface area is 117 Å². The number of hydrogen-bond donors (Lipinski definition) is 1. The Kier molecular flexibility index (Phi) is 3.83. The predicted octanol–water partition coefficient (Wildman–Crippen LogP) is 2.67. The quantitative estimate of drug-likeness (QED) is 0.670. The van der Waals surface area contributed by atoms with Crippen molar-refractivity contribution in [1.82, 2.24) is 4.98 Å². The minimum Gasteiger partial charge on any atom is -0.460 e. The number of carbonyl (C=O) groups is 1. The number of aromatic nitrogens is 1. The minimum absolute atomic E-state index is 0.162. The summed E-state index contributed by atoms with van der Waals surface area (Å²) < 4.78 is 5.28. The van der Waals surface area contributed by atoms with Crippen LogP contribution in [0, 0.1) is 5.92 Å². The van der Waals surface area contributed by atoms with Crippen LogP contribution in [-0.4, -0.2) is 21.7 Å². The van der Waals surface area contributed by atoms with E-state index in [1.165, 1.54) is 0 Å². The topological polar surface area (TPSA) is 59.4 Å². The number of hydrogen-bond acceptors (Lipinski definition) is 4. The fourth-order valence-corrected chi connectivity index (χ4v) is 2.53. The molecule has 0 aromatic carbocycles. The monoisotopic (exact) mass is 283 g/mol. The summed E-state index contributed by atoms with van der Waals surface area (Å²) in [5, 5.41) is 10.6. The van der Waals surface area contributed by atoms with Crippen LogP contribution in [0.15, 0.2) is 12.3 Å².